The number of anilines is 1. The van der Waals surface area contributed by atoms with Gasteiger partial charge in [-0.2, -0.15) is 0 Å². The minimum atomic E-state index is 0.107. The van der Waals surface area contributed by atoms with Gasteiger partial charge in [0.1, 0.15) is 5.82 Å². The van der Waals surface area contributed by atoms with Crippen molar-refractivity contribution in [2.24, 2.45) is 0 Å². The molecule has 0 bridgehead atoms. The Balaban J connectivity index is 2.66. The van der Waals surface area contributed by atoms with Crippen LogP contribution in [-0.4, -0.2) is 29.6 Å². The Kier molecular flexibility index (Phi) is 3.63. The Morgan fingerprint density at radius 2 is 1.93 bits per heavy atom. The van der Waals surface area contributed by atoms with Crippen LogP contribution in [0.25, 0.3) is 0 Å². The third kappa shape index (κ3) is 4.25. The van der Waals surface area contributed by atoms with E-state index >= 15 is 0 Å². The van der Waals surface area contributed by atoms with E-state index in [0.29, 0.717) is 0 Å². The predicted octanol–water partition coefficient (Wildman–Crippen LogP) is 1.43. The van der Waals surface area contributed by atoms with Crippen LogP contribution in [0.2, 0.25) is 0 Å². The topological polar surface area (TPSA) is 41.1 Å². The Hall–Kier alpha value is -1.16. The van der Waals surface area contributed by atoms with E-state index in [4.69, 9.17) is 0 Å². The molecule has 4 heteroatoms. The van der Waals surface area contributed by atoms with Crippen molar-refractivity contribution in [1.29, 1.82) is 0 Å². The van der Waals surface area contributed by atoms with Gasteiger partial charge in [-0.15, -0.1) is 0 Å². The standard InChI is InChI=1S/C11H20N4/c1-11(2,3)13-7-9-6-12-8-10(14-9)15(4)5/h6,8,13H,7H2,1-5H3. The maximum Gasteiger partial charge on any atom is 0.146 e. The Labute approximate surface area is 91.7 Å². The molecule has 1 aromatic heterocycles. The van der Waals surface area contributed by atoms with E-state index in [2.05, 4.69) is 36.1 Å². The first-order chi connectivity index (χ1) is 6.88. The third-order valence-electron chi connectivity index (χ3n) is 1.93. The van der Waals surface area contributed by atoms with E-state index in [1.165, 1.54) is 0 Å². The largest absolute Gasteiger partial charge is 0.361 e. The van der Waals surface area contributed by atoms with Crippen molar-refractivity contribution in [3.63, 3.8) is 0 Å². The Morgan fingerprint density at radius 1 is 1.27 bits per heavy atom. The lowest BCUT2D eigenvalue weighted by atomic mass is 10.1. The lowest BCUT2D eigenvalue weighted by Gasteiger charge is -2.20. The fourth-order valence-electron chi connectivity index (χ4n) is 1.05. The predicted molar refractivity (Wildman–Crippen MR) is 63.0 cm³/mol. The smallest absolute Gasteiger partial charge is 0.146 e. The summed E-state index contributed by atoms with van der Waals surface area (Å²) < 4.78 is 0. The molecule has 1 aromatic rings. The lowest BCUT2D eigenvalue weighted by molar-refractivity contribution is 0.421. The third-order valence-corrected chi connectivity index (χ3v) is 1.93. The molecular weight excluding hydrogens is 188 g/mol. The van der Waals surface area contributed by atoms with E-state index in [1.807, 2.05) is 19.0 Å². The molecule has 0 aliphatic carbocycles. The van der Waals surface area contributed by atoms with Gasteiger partial charge in [0.2, 0.25) is 0 Å². The molecule has 4 nitrogen and oxygen atoms in total. The first kappa shape index (κ1) is 11.9. The molecule has 0 radical (unpaired) electrons. The van der Waals surface area contributed by atoms with Crippen LogP contribution < -0.4 is 10.2 Å². The highest BCUT2D eigenvalue weighted by molar-refractivity contribution is 5.33. The molecule has 0 aliphatic heterocycles. The van der Waals surface area contributed by atoms with Gasteiger partial charge in [0, 0.05) is 32.4 Å². The molecule has 0 aliphatic rings. The SMILES string of the molecule is CN(C)c1cncc(CNC(C)(C)C)n1. The van der Waals surface area contributed by atoms with E-state index in [0.717, 1.165) is 18.1 Å². The molecule has 15 heavy (non-hydrogen) atoms. The summed E-state index contributed by atoms with van der Waals surface area (Å²) in [6.45, 7) is 7.15. The summed E-state index contributed by atoms with van der Waals surface area (Å²) in [4.78, 5) is 10.6. The van der Waals surface area contributed by atoms with Crippen molar-refractivity contribution in [2.75, 3.05) is 19.0 Å². The van der Waals surface area contributed by atoms with Gasteiger partial charge in [0.15, 0.2) is 0 Å². The highest BCUT2D eigenvalue weighted by Crippen LogP contribution is 2.06. The highest BCUT2D eigenvalue weighted by Gasteiger charge is 2.09. The summed E-state index contributed by atoms with van der Waals surface area (Å²) in [5, 5.41) is 3.38. The first-order valence-electron chi connectivity index (χ1n) is 5.12. The minimum Gasteiger partial charge on any atom is -0.361 e. The van der Waals surface area contributed by atoms with Crippen molar-refractivity contribution in [2.45, 2.75) is 32.9 Å². The Morgan fingerprint density at radius 3 is 2.47 bits per heavy atom. The number of hydrogen-bond donors (Lipinski definition) is 1. The molecule has 0 fully saturated rings. The number of nitrogens with one attached hydrogen (secondary N) is 1. The molecule has 0 amide bonds. The van der Waals surface area contributed by atoms with Gasteiger partial charge in [0.05, 0.1) is 11.9 Å². The molecule has 0 spiro atoms. The van der Waals surface area contributed by atoms with Gasteiger partial charge in [-0.1, -0.05) is 0 Å². The van der Waals surface area contributed by atoms with Gasteiger partial charge >= 0.3 is 0 Å². The Bertz CT molecular complexity index is 315. The van der Waals surface area contributed by atoms with Crippen LogP contribution >= 0.6 is 0 Å². The van der Waals surface area contributed by atoms with Crippen molar-refractivity contribution < 1.29 is 0 Å². The van der Waals surface area contributed by atoms with Gasteiger partial charge < -0.3 is 10.2 Å². The van der Waals surface area contributed by atoms with Crippen LogP contribution in [0, 0.1) is 0 Å². The van der Waals surface area contributed by atoms with Gasteiger partial charge in [-0.05, 0) is 20.8 Å². The van der Waals surface area contributed by atoms with Crippen molar-refractivity contribution in [3.8, 4) is 0 Å². The molecule has 1 N–H and O–H groups in total. The van der Waals surface area contributed by atoms with Crippen LogP contribution in [0.1, 0.15) is 26.5 Å². The van der Waals surface area contributed by atoms with Gasteiger partial charge in [0.25, 0.3) is 0 Å². The number of nitrogens with zero attached hydrogens (tertiary/aromatic N) is 3. The van der Waals surface area contributed by atoms with Crippen molar-refractivity contribution in [3.05, 3.63) is 18.1 Å². The second-order valence-electron chi connectivity index (χ2n) is 4.87. The normalized spacial score (nSPS) is 11.5. The summed E-state index contributed by atoms with van der Waals surface area (Å²) in [6, 6.07) is 0. The molecular formula is C11H20N4. The van der Waals surface area contributed by atoms with Crippen LogP contribution in [0.4, 0.5) is 5.82 Å². The first-order valence-corrected chi connectivity index (χ1v) is 5.12. The van der Waals surface area contributed by atoms with Crippen LogP contribution in [0.5, 0.6) is 0 Å². The summed E-state index contributed by atoms with van der Waals surface area (Å²) in [7, 11) is 3.93. The molecule has 0 unspecified atom stereocenters. The zero-order valence-electron chi connectivity index (χ0n) is 10.2. The number of aromatic nitrogens is 2. The van der Waals surface area contributed by atoms with Crippen LogP contribution in [0.15, 0.2) is 12.4 Å². The van der Waals surface area contributed by atoms with Crippen LogP contribution in [0.3, 0.4) is 0 Å². The van der Waals surface area contributed by atoms with E-state index < -0.39 is 0 Å². The fraction of sp³-hybridized carbons (Fsp3) is 0.636. The zero-order chi connectivity index (χ0) is 11.5. The number of rotatable bonds is 3. The average molecular weight is 208 g/mol. The molecule has 84 valence electrons. The zero-order valence-corrected chi connectivity index (χ0v) is 10.2. The van der Waals surface area contributed by atoms with Crippen molar-refractivity contribution in [1.82, 2.24) is 15.3 Å². The van der Waals surface area contributed by atoms with Crippen LogP contribution in [-0.2, 0) is 6.54 Å². The molecule has 1 heterocycles. The molecule has 0 saturated carbocycles. The van der Waals surface area contributed by atoms with E-state index in [-0.39, 0.29) is 5.54 Å². The second kappa shape index (κ2) is 4.57. The quantitative estimate of drug-likeness (QED) is 0.816. The molecule has 1 rings (SSSR count). The molecule has 0 saturated heterocycles. The molecule has 0 atom stereocenters. The second-order valence-corrected chi connectivity index (χ2v) is 4.87. The average Bonchev–Trinajstić information content (AvgIpc) is 2.14. The number of hydrogen-bond acceptors (Lipinski definition) is 4. The van der Waals surface area contributed by atoms with Crippen molar-refractivity contribution >= 4 is 5.82 Å². The van der Waals surface area contributed by atoms with E-state index in [9.17, 15) is 0 Å². The maximum absolute atomic E-state index is 4.48. The summed E-state index contributed by atoms with van der Waals surface area (Å²) in [5.41, 5.74) is 1.08. The van der Waals surface area contributed by atoms with Gasteiger partial charge in [-0.25, -0.2) is 4.98 Å². The lowest BCUT2D eigenvalue weighted by Crippen LogP contribution is -2.35. The highest BCUT2D eigenvalue weighted by atomic mass is 15.1. The van der Waals surface area contributed by atoms with E-state index in [1.54, 1.807) is 12.4 Å². The summed E-state index contributed by atoms with van der Waals surface area (Å²) in [5.74, 6) is 0.892. The maximum atomic E-state index is 4.48. The monoisotopic (exact) mass is 208 g/mol. The minimum absolute atomic E-state index is 0.107. The fourth-order valence-corrected chi connectivity index (χ4v) is 1.05. The molecule has 0 aromatic carbocycles. The summed E-state index contributed by atoms with van der Waals surface area (Å²) in [6.07, 6.45) is 3.56. The van der Waals surface area contributed by atoms with Gasteiger partial charge in [-0.3, -0.25) is 4.98 Å². The summed E-state index contributed by atoms with van der Waals surface area (Å²) >= 11 is 0.